The van der Waals surface area contributed by atoms with E-state index in [4.69, 9.17) is 0 Å². The summed E-state index contributed by atoms with van der Waals surface area (Å²) >= 11 is 0. The van der Waals surface area contributed by atoms with Gasteiger partial charge in [-0.1, -0.05) is 30.3 Å². The van der Waals surface area contributed by atoms with Gasteiger partial charge in [-0.2, -0.15) is 4.98 Å². The molecule has 2 N–H and O–H groups in total. The van der Waals surface area contributed by atoms with Crippen molar-refractivity contribution in [3.05, 3.63) is 60.9 Å². The lowest BCUT2D eigenvalue weighted by atomic mass is 10.2. The van der Waals surface area contributed by atoms with Gasteiger partial charge in [-0.05, 0) is 37.1 Å². The summed E-state index contributed by atoms with van der Waals surface area (Å²) in [5.74, 6) is 1.39. The number of hydrogen-bond donors (Lipinski definition) is 2. The van der Waals surface area contributed by atoms with Crippen molar-refractivity contribution in [2.45, 2.75) is 12.8 Å². The molecule has 0 unspecified atom stereocenters. The van der Waals surface area contributed by atoms with Crippen LogP contribution in [0.4, 0.5) is 17.3 Å². The Hall–Kier alpha value is -3.28. The molecule has 1 heterocycles. The molecule has 6 heteroatoms. The van der Waals surface area contributed by atoms with Crippen LogP contribution in [0, 0.1) is 5.92 Å². The molecule has 1 aliphatic rings. The third-order valence-corrected chi connectivity index (χ3v) is 3.96. The highest BCUT2D eigenvalue weighted by molar-refractivity contribution is 5.94. The zero-order valence-electron chi connectivity index (χ0n) is 13.5. The van der Waals surface area contributed by atoms with Crippen LogP contribution in [-0.2, 0) is 4.79 Å². The van der Waals surface area contributed by atoms with E-state index in [1.807, 2.05) is 54.6 Å². The number of aromatic nitrogens is 3. The number of amides is 1. The van der Waals surface area contributed by atoms with E-state index in [2.05, 4.69) is 25.6 Å². The van der Waals surface area contributed by atoms with Crippen molar-refractivity contribution in [2.24, 2.45) is 5.92 Å². The maximum atomic E-state index is 11.8. The minimum absolute atomic E-state index is 0.102. The molecule has 0 spiro atoms. The Morgan fingerprint density at radius 3 is 2.36 bits per heavy atom. The van der Waals surface area contributed by atoms with Crippen LogP contribution in [0.25, 0.3) is 11.4 Å². The summed E-state index contributed by atoms with van der Waals surface area (Å²) in [6, 6.07) is 17.2. The Bertz CT molecular complexity index is 876. The van der Waals surface area contributed by atoms with Gasteiger partial charge in [-0.15, -0.1) is 0 Å². The molecular formula is C19H17N5O. The first-order valence-corrected chi connectivity index (χ1v) is 8.20. The summed E-state index contributed by atoms with van der Waals surface area (Å²) in [5, 5.41) is 6.07. The number of nitrogens with zero attached hydrogens (tertiary/aromatic N) is 3. The number of benzene rings is 2. The highest BCUT2D eigenvalue weighted by Crippen LogP contribution is 2.30. The number of nitrogens with one attached hydrogen (secondary N) is 2. The van der Waals surface area contributed by atoms with E-state index in [9.17, 15) is 4.79 Å². The molecule has 0 bridgehead atoms. The zero-order chi connectivity index (χ0) is 17.1. The summed E-state index contributed by atoms with van der Waals surface area (Å²) in [6.07, 6.45) is 3.48. The number of carbonyl (C=O) groups is 1. The maximum absolute atomic E-state index is 11.8. The highest BCUT2D eigenvalue weighted by Gasteiger charge is 2.29. The van der Waals surface area contributed by atoms with Gasteiger partial charge >= 0.3 is 0 Å². The van der Waals surface area contributed by atoms with Crippen molar-refractivity contribution in [3.8, 4) is 11.4 Å². The van der Waals surface area contributed by atoms with Crippen LogP contribution < -0.4 is 10.6 Å². The second-order valence-electron chi connectivity index (χ2n) is 5.96. The van der Waals surface area contributed by atoms with Crippen LogP contribution in [0.5, 0.6) is 0 Å². The van der Waals surface area contributed by atoms with E-state index in [1.165, 1.54) is 6.33 Å². The van der Waals surface area contributed by atoms with Gasteiger partial charge in [-0.25, -0.2) is 9.97 Å². The molecule has 0 radical (unpaired) electrons. The summed E-state index contributed by atoms with van der Waals surface area (Å²) in [6.45, 7) is 0. The fourth-order valence-electron chi connectivity index (χ4n) is 2.44. The number of rotatable bonds is 5. The second-order valence-corrected chi connectivity index (χ2v) is 5.96. The lowest BCUT2D eigenvalue weighted by molar-refractivity contribution is -0.117. The van der Waals surface area contributed by atoms with Crippen molar-refractivity contribution in [3.63, 3.8) is 0 Å². The average Bonchev–Trinajstić information content (AvgIpc) is 3.50. The standard InChI is InChI=1S/C19H17N5O/c25-18(14-6-7-14)22-15-8-10-16(11-9-15)23-19-21-12-20-17(24-19)13-4-2-1-3-5-13/h1-5,8-12,14H,6-7H2,(H,22,25)(H,20,21,23,24). The first kappa shape index (κ1) is 15.3. The van der Waals surface area contributed by atoms with Crippen molar-refractivity contribution >= 4 is 23.2 Å². The van der Waals surface area contributed by atoms with Crippen LogP contribution in [0.1, 0.15) is 12.8 Å². The lowest BCUT2D eigenvalue weighted by Gasteiger charge is -2.08. The number of anilines is 3. The number of hydrogen-bond acceptors (Lipinski definition) is 5. The minimum Gasteiger partial charge on any atom is -0.326 e. The molecule has 0 saturated heterocycles. The van der Waals surface area contributed by atoms with Gasteiger partial charge in [0.1, 0.15) is 6.33 Å². The van der Waals surface area contributed by atoms with E-state index in [1.54, 1.807) is 0 Å². The Morgan fingerprint density at radius 1 is 0.920 bits per heavy atom. The third kappa shape index (κ3) is 3.80. The zero-order valence-corrected chi connectivity index (χ0v) is 13.5. The van der Waals surface area contributed by atoms with Gasteiger partial charge in [0.25, 0.3) is 0 Å². The SMILES string of the molecule is O=C(Nc1ccc(Nc2ncnc(-c3ccccc3)n2)cc1)C1CC1. The van der Waals surface area contributed by atoms with Gasteiger partial charge in [-0.3, -0.25) is 4.79 Å². The molecule has 4 rings (SSSR count). The van der Waals surface area contributed by atoms with Crippen LogP contribution in [-0.4, -0.2) is 20.9 Å². The van der Waals surface area contributed by atoms with E-state index in [0.29, 0.717) is 11.8 Å². The molecule has 1 aliphatic carbocycles. The van der Waals surface area contributed by atoms with Crippen molar-refractivity contribution in [2.75, 3.05) is 10.6 Å². The quantitative estimate of drug-likeness (QED) is 0.746. The Morgan fingerprint density at radius 2 is 1.64 bits per heavy atom. The van der Waals surface area contributed by atoms with Crippen LogP contribution in [0.2, 0.25) is 0 Å². The highest BCUT2D eigenvalue weighted by atomic mass is 16.2. The first-order valence-electron chi connectivity index (χ1n) is 8.20. The molecule has 6 nitrogen and oxygen atoms in total. The minimum atomic E-state index is 0.102. The largest absolute Gasteiger partial charge is 0.326 e. The van der Waals surface area contributed by atoms with E-state index in [-0.39, 0.29) is 11.8 Å². The lowest BCUT2D eigenvalue weighted by Crippen LogP contribution is -2.13. The van der Waals surface area contributed by atoms with Gasteiger partial charge in [0.2, 0.25) is 11.9 Å². The molecule has 1 fully saturated rings. The van der Waals surface area contributed by atoms with Crippen molar-refractivity contribution < 1.29 is 4.79 Å². The molecular weight excluding hydrogens is 314 g/mol. The molecule has 1 saturated carbocycles. The molecule has 1 aromatic heterocycles. The van der Waals surface area contributed by atoms with E-state index < -0.39 is 0 Å². The molecule has 3 aromatic rings. The van der Waals surface area contributed by atoms with Crippen LogP contribution in [0.3, 0.4) is 0 Å². The molecule has 0 aliphatic heterocycles. The predicted molar refractivity (Wildman–Crippen MR) is 96.3 cm³/mol. The summed E-state index contributed by atoms with van der Waals surface area (Å²) in [4.78, 5) is 24.6. The number of carbonyl (C=O) groups excluding carboxylic acids is 1. The van der Waals surface area contributed by atoms with Gasteiger partial charge in [0.15, 0.2) is 5.82 Å². The van der Waals surface area contributed by atoms with Gasteiger partial charge in [0.05, 0.1) is 0 Å². The molecule has 25 heavy (non-hydrogen) atoms. The Kier molecular flexibility index (Phi) is 4.08. The topological polar surface area (TPSA) is 79.8 Å². The van der Waals surface area contributed by atoms with E-state index >= 15 is 0 Å². The monoisotopic (exact) mass is 331 g/mol. The normalized spacial score (nSPS) is 13.3. The predicted octanol–water partition coefficient (Wildman–Crippen LogP) is 3.63. The second kappa shape index (κ2) is 6.68. The van der Waals surface area contributed by atoms with Crippen LogP contribution >= 0.6 is 0 Å². The molecule has 0 atom stereocenters. The average molecular weight is 331 g/mol. The first-order chi connectivity index (χ1) is 12.3. The Balaban J connectivity index is 1.46. The summed E-state index contributed by atoms with van der Waals surface area (Å²) in [5.41, 5.74) is 2.57. The van der Waals surface area contributed by atoms with E-state index in [0.717, 1.165) is 29.8 Å². The maximum Gasteiger partial charge on any atom is 0.230 e. The smallest absolute Gasteiger partial charge is 0.230 e. The summed E-state index contributed by atoms with van der Waals surface area (Å²) in [7, 11) is 0. The fraction of sp³-hybridized carbons (Fsp3) is 0.158. The van der Waals surface area contributed by atoms with Gasteiger partial charge < -0.3 is 10.6 Å². The Labute approximate surface area is 145 Å². The van der Waals surface area contributed by atoms with Crippen molar-refractivity contribution in [1.82, 2.24) is 15.0 Å². The third-order valence-electron chi connectivity index (χ3n) is 3.96. The molecule has 1 amide bonds. The fourth-order valence-corrected chi connectivity index (χ4v) is 2.44. The molecule has 124 valence electrons. The summed E-state index contributed by atoms with van der Waals surface area (Å²) < 4.78 is 0. The molecule has 2 aromatic carbocycles. The van der Waals surface area contributed by atoms with Crippen LogP contribution in [0.15, 0.2) is 60.9 Å². The van der Waals surface area contributed by atoms with Gasteiger partial charge in [0, 0.05) is 22.9 Å². The van der Waals surface area contributed by atoms with Crippen molar-refractivity contribution in [1.29, 1.82) is 0 Å².